The van der Waals surface area contributed by atoms with E-state index in [0.717, 1.165) is 23.5 Å². The number of pyridine rings is 1. The quantitative estimate of drug-likeness (QED) is 0.861. The first-order valence-corrected chi connectivity index (χ1v) is 5.95. The summed E-state index contributed by atoms with van der Waals surface area (Å²) in [5.74, 6) is 0.278. The third kappa shape index (κ3) is 3.35. The molecule has 0 atom stereocenters. The van der Waals surface area contributed by atoms with Crippen molar-refractivity contribution >= 4 is 17.8 Å². The Hall–Kier alpha value is -2.29. The summed E-state index contributed by atoms with van der Waals surface area (Å²) in [6, 6.07) is 11.0. The molecular weight excluding hydrogens is 224 g/mol. The second-order valence-corrected chi connectivity index (χ2v) is 3.93. The Morgan fingerprint density at radius 2 is 1.89 bits per heavy atom. The SMILES string of the molecule is CCNc1ccc(/C=C/c2ccc(O)cc2)nc1. The van der Waals surface area contributed by atoms with E-state index in [4.69, 9.17) is 0 Å². The van der Waals surface area contributed by atoms with Crippen molar-refractivity contribution in [2.75, 3.05) is 11.9 Å². The van der Waals surface area contributed by atoms with Crippen molar-refractivity contribution in [1.29, 1.82) is 0 Å². The van der Waals surface area contributed by atoms with Gasteiger partial charge in [-0.2, -0.15) is 0 Å². The summed E-state index contributed by atoms with van der Waals surface area (Å²) in [6.45, 7) is 2.95. The third-order valence-corrected chi connectivity index (χ3v) is 2.51. The normalized spacial score (nSPS) is 10.7. The van der Waals surface area contributed by atoms with E-state index < -0.39 is 0 Å². The molecule has 0 aliphatic heterocycles. The molecule has 1 aromatic heterocycles. The maximum absolute atomic E-state index is 9.18. The molecule has 0 fully saturated rings. The van der Waals surface area contributed by atoms with Crippen molar-refractivity contribution in [2.24, 2.45) is 0 Å². The molecule has 3 heteroatoms. The monoisotopic (exact) mass is 240 g/mol. The topological polar surface area (TPSA) is 45.1 Å². The van der Waals surface area contributed by atoms with E-state index in [1.54, 1.807) is 12.1 Å². The van der Waals surface area contributed by atoms with Crippen molar-refractivity contribution in [3.05, 3.63) is 53.9 Å². The second kappa shape index (κ2) is 5.87. The van der Waals surface area contributed by atoms with Crippen LogP contribution in [0.4, 0.5) is 5.69 Å². The van der Waals surface area contributed by atoms with E-state index in [1.807, 2.05) is 42.6 Å². The Balaban J connectivity index is 2.06. The van der Waals surface area contributed by atoms with Crippen LogP contribution in [0, 0.1) is 0 Å². The maximum atomic E-state index is 9.18. The highest BCUT2D eigenvalue weighted by Gasteiger charge is 1.92. The molecule has 18 heavy (non-hydrogen) atoms. The highest BCUT2D eigenvalue weighted by molar-refractivity contribution is 5.68. The molecule has 0 bridgehead atoms. The first kappa shape index (κ1) is 12.2. The lowest BCUT2D eigenvalue weighted by molar-refractivity contribution is 0.475. The minimum absolute atomic E-state index is 0.278. The summed E-state index contributed by atoms with van der Waals surface area (Å²) in [7, 11) is 0. The highest BCUT2D eigenvalue weighted by Crippen LogP contribution is 2.13. The molecule has 0 saturated heterocycles. The molecule has 2 aromatic rings. The number of hydrogen-bond acceptors (Lipinski definition) is 3. The molecule has 0 spiro atoms. The van der Waals surface area contributed by atoms with Crippen LogP contribution in [0.2, 0.25) is 0 Å². The molecule has 0 amide bonds. The molecule has 0 radical (unpaired) electrons. The van der Waals surface area contributed by atoms with Gasteiger partial charge in [-0.15, -0.1) is 0 Å². The van der Waals surface area contributed by atoms with E-state index in [0.29, 0.717) is 0 Å². The van der Waals surface area contributed by atoms with E-state index >= 15 is 0 Å². The van der Waals surface area contributed by atoms with Crippen LogP contribution < -0.4 is 5.32 Å². The molecule has 0 aliphatic rings. The summed E-state index contributed by atoms with van der Waals surface area (Å²) >= 11 is 0. The average Bonchev–Trinajstić information content (AvgIpc) is 2.40. The zero-order valence-electron chi connectivity index (χ0n) is 10.3. The minimum Gasteiger partial charge on any atom is -0.508 e. The van der Waals surface area contributed by atoms with Gasteiger partial charge in [0.1, 0.15) is 5.75 Å². The first-order chi connectivity index (χ1) is 8.78. The van der Waals surface area contributed by atoms with E-state index in [2.05, 4.69) is 17.2 Å². The smallest absolute Gasteiger partial charge is 0.115 e. The fourth-order valence-electron chi connectivity index (χ4n) is 1.58. The summed E-state index contributed by atoms with van der Waals surface area (Å²) in [4.78, 5) is 4.33. The lowest BCUT2D eigenvalue weighted by atomic mass is 10.2. The number of anilines is 1. The fraction of sp³-hybridized carbons (Fsp3) is 0.133. The van der Waals surface area contributed by atoms with Gasteiger partial charge in [-0.3, -0.25) is 4.98 Å². The Bertz CT molecular complexity index is 515. The molecule has 0 aliphatic carbocycles. The van der Waals surface area contributed by atoms with Crippen LogP contribution in [0.15, 0.2) is 42.6 Å². The van der Waals surface area contributed by atoms with Gasteiger partial charge in [-0.05, 0) is 42.8 Å². The molecule has 0 unspecified atom stereocenters. The molecule has 1 heterocycles. The van der Waals surface area contributed by atoms with E-state index in [1.165, 1.54) is 0 Å². The van der Waals surface area contributed by atoms with Gasteiger partial charge in [-0.1, -0.05) is 18.2 Å². The molecule has 3 nitrogen and oxygen atoms in total. The standard InChI is InChI=1S/C15H16N2O/c1-2-16-14-8-7-13(17-11-14)6-3-12-4-9-15(18)10-5-12/h3-11,16,18H,2H2,1H3/b6-3+. The van der Waals surface area contributed by atoms with Crippen LogP contribution >= 0.6 is 0 Å². The van der Waals surface area contributed by atoms with Gasteiger partial charge in [0.25, 0.3) is 0 Å². The predicted octanol–water partition coefficient (Wildman–Crippen LogP) is 3.39. The summed E-state index contributed by atoms with van der Waals surface area (Å²) in [6.07, 6.45) is 5.73. The Morgan fingerprint density at radius 1 is 1.11 bits per heavy atom. The van der Waals surface area contributed by atoms with Crippen molar-refractivity contribution in [3.8, 4) is 5.75 Å². The number of aromatic hydroxyl groups is 1. The van der Waals surface area contributed by atoms with Gasteiger partial charge >= 0.3 is 0 Å². The van der Waals surface area contributed by atoms with Gasteiger partial charge in [0.05, 0.1) is 17.6 Å². The van der Waals surface area contributed by atoms with Crippen LogP contribution in [-0.2, 0) is 0 Å². The van der Waals surface area contributed by atoms with Crippen molar-refractivity contribution < 1.29 is 5.11 Å². The van der Waals surface area contributed by atoms with Crippen LogP contribution in [-0.4, -0.2) is 16.6 Å². The molecule has 2 N–H and O–H groups in total. The van der Waals surface area contributed by atoms with Crippen LogP contribution in [0.3, 0.4) is 0 Å². The summed E-state index contributed by atoms with van der Waals surface area (Å²) < 4.78 is 0. The Kier molecular flexibility index (Phi) is 3.97. The highest BCUT2D eigenvalue weighted by atomic mass is 16.3. The first-order valence-electron chi connectivity index (χ1n) is 5.95. The predicted molar refractivity (Wildman–Crippen MR) is 75.4 cm³/mol. The molecule has 1 aromatic carbocycles. The largest absolute Gasteiger partial charge is 0.508 e. The average molecular weight is 240 g/mol. The Labute approximate surface area is 107 Å². The number of rotatable bonds is 4. The fourth-order valence-corrected chi connectivity index (χ4v) is 1.58. The maximum Gasteiger partial charge on any atom is 0.115 e. The molecule has 0 saturated carbocycles. The van der Waals surface area contributed by atoms with Crippen molar-refractivity contribution in [3.63, 3.8) is 0 Å². The van der Waals surface area contributed by atoms with E-state index in [9.17, 15) is 5.11 Å². The van der Waals surface area contributed by atoms with Gasteiger partial charge in [0.2, 0.25) is 0 Å². The number of phenols is 1. The number of aromatic nitrogens is 1. The number of nitrogens with zero attached hydrogens (tertiary/aromatic N) is 1. The van der Waals surface area contributed by atoms with Gasteiger partial charge in [-0.25, -0.2) is 0 Å². The van der Waals surface area contributed by atoms with Crippen molar-refractivity contribution in [2.45, 2.75) is 6.92 Å². The van der Waals surface area contributed by atoms with Crippen molar-refractivity contribution in [1.82, 2.24) is 4.98 Å². The number of benzene rings is 1. The third-order valence-electron chi connectivity index (χ3n) is 2.51. The number of phenolic OH excluding ortho intramolecular Hbond substituents is 1. The minimum atomic E-state index is 0.278. The van der Waals surface area contributed by atoms with Crippen LogP contribution in [0.25, 0.3) is 12.2 Å². The molecule has 2 rings (SSSR count). The Morgan fingerprint density at radius 3 is 2.50 bits per heavy atom. The van der Waals surface area contributed by atoms with Crippen LogP contribution in [0.1, 0.15) is 18.2 Å². The summed E-state index contributed by atoms with van der Waals surface area (Å²) in [5, 5.41) is 12.4. The zero-order chi connectivity index (χ0) is 12.8. The van der Waals surface area contributed by atoms with E-state index in [-0.39, 0.29) is 5.75 Å². The lowest BCUT2D eigenvalue weighted by Crippen LogP contribution is -1.96. The van der Waals surface area contributed by atoms with Crippen LogP contribution in [0.5, 0.6) is 5.75 Å². The van der Waals surface area contributed by atoms with Gasteiger partial charge in [0, 0.05) is 6.54 Å². The molecule has 92 valence electrons. The second-order valence-electron chi connectivity index (χ2n) is 3.93. The van der Waals surface area contributed by atoms with Gasteiger partial charge < -0.3 is 10.4 Å². The zero-order valence-corrected chi connectivity index (χ0v) is 10.3. The number of hydrogen-bond donors (Lipinski definition) is 2. The molecular formula is C15H16N2O. The summed E-state index contributed by atoms with van der Waals surface area (Å²) in [5.41, 5.74) is 2.97. The number of nitrogens with one attached hydrogen (secondary N) is 1. The van der Waals surface area contributed by atoms with Gasteiger partial charge in [0.15, 0.2) is 0 Å². The lowest BCUT2D eigenvalue weighted by Gasteiger charge is -2.01.